The lowest BCUT2D eigenvalue weighted by Gasteiger charge is -2.34. The van der Waals surface area contributed by atoms with Gasteiger partial charge in [0.25, 0.3) is 0 Å². The van der Waals surface area contributed by atoms with E-state index in [9.17, 15) is 9.90 Å². The Bertz CT molecular complexity index is 927. The molecule has 2 aromatic rings. The summed E-state index contributed by atoms with van der Waals surface area (Å²) < 4.78 is 0. The number of benzene rings is 2. The highest BCUT2D eigenvalue weighted by Gasteiger charge is 2.39. The average molecular weight is 348 g/mol. The van der Waals surface area contributed by atoms with Gasteiger partial charge in [-0.25, -0.2) is 0 Å². The molecule has 0 unspecified atom stereocenters. The van der Waals surface area contributed by atoms with Gasteiger partial charge in [-0.05, 0) is 43.0 Å². The zero-order chi connectivity index (χ0) is 18.5. The van der Waals surface area contributed by atoms with Crippen molar-refractivity contribution >= 4 is 17.2 Å². The number of rotatable bonds is 1. The molecule has 0 fully saturated rings. The number of carbonyl (C=O) groups is 1. The molecular formula is C22H24N2O2. The number of carbonyl (C=O) groups excluding carboxylic acids is 1. The van der Waals surface area contributed by atoms with Gasteiger partial charge in [0, 0.05) is 23.3 Å². The van der Waals surface area contributed by atoms with Crippen LogP contribution in [-0.2, 0) is 4.79 Å². The Morgan fingerprint density at radius 3 is 2.58 bits per heavy atom. The van der Waals surface area contributed by atoms with Crippen LogP contribution in [0.1, 0.15) is 43.9 Å². The van der Waals surface area contributed by atoms with Gasteiger partial charge in [-0.2, -0.15) is 0 Å². The summed E-state index contributed by atoms with van der Waals surface area (Å²) in [5, 5.41) is 17.5. The minimum Gasteiger partial charge on any atom is -0.508 e. The number of fused-ring (bicyclic) bond motifs is 1. The molecule has 4 heteroatoms. The molecule has 1 heterocycles. The van der Waals surface area contributed by atoms with Crippen molar-refractivity contribution in [3.05, 3.63) is 64.9 Å². The minimum absolute atomic E-state index is 0.0819. The highest BCUT2D eigenvalue weighted by molar-refractivity contribution is 6.01. The van der Waals surface area contributed by atoms with Crippen molar-refractivity contribution in [3.8, 4) is 5.75 Å². The van der Waals surface area contributed by atoms with E-state index in [1.807, 2.05) is 43.3 Å². The van der Waals surface area contributed by atoms with Gasteiger partial charge < -0.3 is 15.7 Å². The Balaban J connectivity index is 1.93. The van der Waals surface area contributed by atoms with Gasteiger partial charge >= 0.3 is 0 Å². The second kappa shape index (κ2) is 5.90. The summed E-state index contributed by atoms with van der Waals surface area (Å²) in [6.45, 7) is 6.24. The van der Waals surface area contributed by atoms with Crippen molar-refractivity contribution in [2.24, 2.45) is 5.41 Å². The normalized spacial score (nSPS) is 21.2. The van der Waals surface area contributed by atoms with Gasteiger partial charge in [0.15, 0.2) is 5.78 Å². The van der Waals surface area contributed by atoms with Crippen LogP contribution in [0.25, 0.3) is 0 Å². The van der Waals surface area contributed by atoms with E-state index in [2.05, 4.69) is 24.5 Å². The number of allylic oxidation sites excluding steroid dienone is 1. The molecular weight excluding hydrogens is 324 g/mol. The number of aryl methyl sites for hydroxylation is 1. The summed E-state index contributed by atoms with van der Waals surface area (Å²) >= 11 is 0. The van der Waals surface area contributed by atoms with Crippen LogP contribution in [-0.4, -0.2) is 10.9 Å². The second-order valence-corrected chi connectivity index (χ2v) is 8.14. The van der Waals surface area contributed by atoms with Crippen molar-refractivity contribution < 1.29 is 9.90 Å². The summed E-state index contributed by atoms with van der Waals surface area (Å²) in [5.74, 6) is 0.340. The molecule has 1 aliphatic heterocycles. The Hall–Kier alpha value is -2.75. The maximum atomic E-state index is 13.1. The standard InChI is InChI=1S/C22H24N2O2/c1-13-8-9-18(25)14(10-13)21-20-17(11-22(2,3)12-19(20)26)23-15-6-4-5-7-16(15)24-21/h4-10,21,23-25H,11-12H2,1-3H3/t21-/m1/s1. The predicted molar refractivity (Wildman–Crippen MR) is 104 cm³/mol. The Kier molecular flexibility index (Phi) is 3.79. The van der Waals surface area contributed by atoms with Crippen molar-refractivity contribution in [1.29, 1.82) is 0 Å². The molecule has 3 N–H and O–H groups in total. The number of aromatic hydroxyl groups is 1. The number of hydrogen-bond donors (Lipinski definition) is 3. The maximum absolute atomic E-state index is 13.1. The fraction of sp³-hybridized carbons (Fsp3) is 0.318. The number of phenolic OH excluding ortho intramolecular Hbond substituents is 1. The van der Waals surface area contributed by atoms with Crippen LogP contribution in [0.15, 0.2) is 53.7 Å². The smallest absolute Gasteiger partial charge is 0.163 e. The molecule has 2 aromatic carbocycles. The molecule has 0 saturated carbocycles. The fourth-order valence-corrected chi connectivity index (χ4v) is 4.03. The van der Waals surface area contributed by atoms with Gasteiger partial charge in [-0.15, -0.1) is 0 Å². The van der Waals surface area contributed by atoms with Crippen LogP contribution in [0.3, 0.4) is 0 Å². The van der Waals surface area contributed by atoms with Gasteiger partial charge in [-0.1, -0.05) is 37.6 Å². The number of ketones is 1. The second-order valence-electron chi connectivity index (χ2n) is 8.14. The van der Waals surface area contributed by atoms with Crippen LogP contribution in [0, 0.1) is 12.3 Å². The first-order chi connectivity index (χ1) is 12.3. The van der Waals surface area contributed by atoms with Crippen LogP contribution in [0.5, 0.6) is 5.75 Å². The molecule has 134 valence electrons. The summed E-state index contributed by atoms with van der Waals surface area (Å²) in [6.07, 6.45) is 1.31. The third-order valence-electron chi connectivity index (χ3n) is 5.22. The van der Waals surface area contributed by atoms with E-state index >= 15 is 0 Å². The molecule has 0 bridgehead atoms. The van der Waals surface area contributed by atoms with E-state index in [1.165, 1.54) is 0 Å². The molecule has 4 nitrogen and oxygen atoms in total. The number of phenols is 1. The molecule has 0 radical (unpaired) electrons. The van der Waals surface area contributed by atoms with Crippen molar-refractivity contribution in [1.82, 2.24) is 0 Å². The van der Waals surface area contributed by atoms with E-state index in [4.69, 9.17) is 0 Å². The fourth-order valence-electron chi connectivity index (χ4n) is 4.03. The van der Waals surface area contributed by atoms with Gasteiger partial charge in [0.1, 0.15) is 5.75 Å². The number of para-hydroxylation sites is 2. The van der Waals surface area contributed by atoms with Gasteiger partial charge in [0.05, 0.1) is 17.4 Å². The third-order valence-corrected chi connectivity index (χ3v) is 5.22. The highest BCUT2D eigenvalue weighted by Crippen LogP contribution is 2.46. The molecule has 1 aliphatic carbocycles. The van der Waals surface area contributed by atoms with E-state index in [1.54, 1.807) is 6.07 Å². The van der Waals surface area contributed by atoms with E-state index in [-0.39, 0.29) is 23.0 Å². The topological polar surface area (TPSA) is 61.4 Å². The summed E-state index contributed by atoms with van der Waals surface area (Å²) in [7, 11) is 0. The Labute approximate surface area is 153 Å². The summed E-state index contributed by atoms with van der Waals surface area (Å²) in [4.78, 5) is 13.1. The Morgan fingerprint density at radius 2 is 1.81 bits per heavy atom. The average Bonchev–Trinajstić information content (AvgIpc) is 2.72. The molecule has 0 spiro atoms. The van der Waals surface area contributed by atoms with Gasteiger partial charge in [-0.3, -0.25) is 4.79 Å². The Morgan fingerprint density at radius 1 is 1.08 bits per heavy atom. The summed E-state index contributed by atoms with van der Waals surface area (Å²) in [6, 6.07) is 13.1. The predicted octanol–water partition coefficient (Wildman–Crippen LogP) is 4.92. The van der Waals surface area contributed by atoms with E-state index in [0.717, 1.165) is 40.2 Å². The molecule has 4 rings (SSSR count). The number of Topliss-reactive ketones (excluding diaryl/α,β-unsaturated/α-hetero) is 1. The van der Waals surface area contributed by atoms with Crippen LogP contribution >= 0.6 is 0 Å². The lowest BCUT2D eigenvalue weighted by Crippen LogP contribution is -2.31. The van der Waals surface area contributed by atoms with E-state index in [0.29, 0.717) is 6.42 Å². The first-order valence-corrected chi connectivity index (χ1v) is 9.02. The third kappa shape index (κ3) is 2.85. The molecule has 2 aliphatic rings. The number of hydrogen-bond acceptors (Lipinski definition) is 4. The van der Waals surface area contributed by atoms with Crippen molar-refractivity contribution in [3.63, 3.8) is 0 Å². The van der Waals surface area contributed by atoms with Gasteiger partial charge in [0.2, 0.25) is 0 Å². The first-order valence-electron chi connectivity index (χ1n) is 9.02. The zero-order valence-electron chi connectivity index (χ0n) is 15.4. The SMILES string of the molecule is Cc1ccc(O)c([C@H]2Nc3ccccc3NC3=C2C(=O)CC(C)(C)C3)c1. The molecule has 0 saturated heterocycles. The largest absolute Gasteiger partial charge is 0.508 e. The molecule has 0 aromatic heterocycles. The van der Waals surface area contributed by atoms with Crippen LogP contribution in [0.2, 0.25) is 0 Å². The number of anilines is 2. The van der Waals surface area contributed by atoms with Crippen molar-refractivity contribution in [2.75, 3.05) is 10.6 Å². The van der Waals surface area contributed by atoms with E-state index < -0.39 is 0 Å². The van der Waals surface area contributed by atoms with Crippen molar-refractivity contribution in [2.45, 2.75) is 39.7 Å². The lowest BCUT2D eigenvalue weighted by molar-refractivity contribution is -0.118. The lowest BCUT2D eigenvalue weighted by atomic mass is 9.73. The molecule has 26 heavy (non-hydrogen) atoms. The van der Waals surface area contributed by atoms with Crippen LogP contribution < -0.4 is 10.6 Å². The minimum atomic E-state index is -0.371. The van der Waals surface area contributed by atoms with Crippen LogP contribution in [0.4, 0.5) is 11.4 Å². The first kappa shape index (κ1) is 16.7. The monoisotopic (exact) mass is 348 g/mol. The quantitative estimate of drug-likeness (QED) is 0.684. The highest BCUT2D eigenvalue weighted by atomic mass is 16.3. The zero-order valence-corrected chi connectivity index (χ0v) is 15.4. The summed E-state index contributed by atoms with van der Waals surface area (Å²) in [5.41, 5.74) is 5.29. The maximum Gasteiger partial charge on any atom is 0.163 e. The number of nitrogens with one attached hydrogen (secondary N) is 2. The molecule has 1 atom stereocenters. The molecule has 0 amide bonds.